The Morgan fingerprint density at radius 2 is 2.00 bits per heavy atom. The minimum atomic E-state index is -0.548. The summed E-state index contributed by atoms with van der Waals surface area (Å²) in [4.78, 5) is 22.2. The minimum Gasteiger partial charge on any atom is -0.444 e. The molecular formula is C14H18N2O3. The number of primary amides is 1. The van der Waals surface area contributed by atoms with Crippen LogP contribution in [0.25, 0.3) is 6.08 Å². The van der Waals surface area contributed by atoms with E-state index >= 15 is 0 Å². The third-order valence-corrected chi connectivity index (χ3v) is 1.97. The van der Waals surface area contributed by atoms with Crippen LogP contribution in [0.15, 0.2) is 30.3 Å². The number of rotatable bonds is 3. The Kier molecular flexibility index (Phi) is 4.69. The monoisotopic (exact) mass is 262 g/mol. The van der Waals surface area contributed by atoms with Crippen molar-refractivity contribution in [1.82, 2.24) is 0 Å². The molecule has 0 bridgehead atoms. The highest BCUT2D eigenvalue weighted by molar-refractivity contribution is 5.91. The summed E-state index contributed by atoms with van der Waals surface area (Å²) in [6.45, 7) is 5.37. The fourth-order valence-corrected chi connectivity index (χ4v) is 1.32. The van der Waals surface area contributed by atoms with Crippen molar-refractivity contribution in [3.05, 3.63) is 35.9 Å². The molecule has 1 aromatic carbocycles. The van der Waals surface area contributed by atoms with Crippen LogP contribution in [0.3, 0.4) is 0 Å². The largest absolute Gasteiger partial charge is 0.444 e. The first-order chi connectivity index (χ1) is 8.76. The molecule has 2 amide bonds. The number of nitrogens with one attached hydrogen (secondary N) is 1. The molecule has 1 aromatic rings. The van der Waals surface area contributed by atoms with Gasteiger partial charge in [0.2, 0.25) is 5.91 Å². The van der Waals surface area contributed by atoms with E-state index in [4.69, 9.17) is 10.5 Å². The molecule has 5 heteroatoms. The molecular weight excluding hydrogens is 244 g/mol. The Morgan fingerprint density at radius 3 is 2.58 bits per heavy atom. The van der Waals surface area contributed by atoms with Gasteiger partial charge in [0.1, 0.15) is 5.60 Å². The molecule has 3 N–H and O–H groups in total. The van der Waals surface area contributed by atoms with Gasteiger partial charge >= 0.3 is 6.09 Å². The van der Waals surface area contributed by atoms with E-state index in [-0.39, 0.29) is 0 Å². The molecule has 0 aliphatic rings. The van der Waals surface area contributed by atoms with Crippen LogP contribution in [-0.4, -0.2) is 17.6 Å². The highest BCUT2D eigenvalue weighted by Gasteiger charge is 2.15. The zero-order valence-electron chi connectivity index (χ0n) is 11.3. The average Bonchev–Trinajstić information content (AvgIpc) is 2.24. The lowest BCUT2D eigenvalue weighted by Crippen LogP contribution is -2.27. The van der Waals surface area contributed by atoms with E-state index in [1.54, 1.807) is 51.1 Å². The molecule has 19 heavy (non-hydrogen) atoms. The molecule has 0 aliphatic carbocycles. The van der Waals surface area contributed by atoms with Crippen LogP contribution in [0.4, 0.5) is 10.5 Å². The molecule has 0 saturated carbocycles. The van der Waals surface area contributed by atoms with Crippen molar-refractivity contribution in [2.75, 3.05) is 5.32 Å². The first-order valence-corrected chi connectivity index (χ1v) is 5.84. The number of nitrogens with two attached hydrogens (primary N) is 1. The summed E-state index contributed by atoms with van der Waals surface area (Å²) in [6, 6.07) is 6.99. The van der Waals surface area contributed by atoms with Crippen LogP contribution < -0.4 is 11.1 Å². The van der Waals surface area contributed by atoms with Crippen molar-refractivity contribution in [3.8, 4) is 0 Å². The molecule has 0 atom stereocenters. The maximum atomic E-state index is 11.6. The van der Waals surface area contributed by atoms with Crippen LogP contribution in [0.1, 0.15) is 26.3 Å². The maximum Gasteiger partial charge on any atom is 0.412 e. The average molecular weight is 262 g/mol. The molecule has 0 spiro atoms. The Bertz CT molecular complexity index is 502. The normalized spacial score (nSPS) is 11.3. The number of carbonyl (C=O) groups excluding carboxylic acids is 2. The summed E-state index contributed by atoms with van der Waals surface area (Å²) in [5, 5.41) is 2.62. The fraction of sp³-hybridized carbons (Fsp3) is 0.286. The molecule has 1 rings (SSSR count). The Balaban J connectivity index is 2.72. The molecule has 0 aromatic heterocycles. The van der Waals surface area contributed by atoms with E-state index in [0.29, 0.717) is 5.69 Å². The van der Waals surface area contributed by atoms with Gasteiger partial charge in [-0.2, -0.15) is 0 Å². The SMILES string of the molecule is CC(C)(C)OC(=O)Nc1cccc(C=CC(N)=O)c1. The van der Waals surface area contributed by atoms with Gasteiger partial charge in [0, 0.05) is 11.8 Å². The number of benzene rings is 1. The molecule has 5 nitrogen and oxygen atoms in total. The second-order valence-electron chi connectivity index (χ2n) is 4.99. The first kappa shape index (κ1) is 14.8. The van der Waals surface area contributed by atoms with E-state index in [2.05, 4.69) is 5.32 Å². The number of hydrogen-bond donors (Lipinski definition) is 2. The molecule has 0 heterocycles. The van der Waals surface area contributed by atoms with E-state index in [1.165, 1.54) is 6.08 Å². The lowest BCUT2D eigenvalue weighted by Gasteiger charge is -2.19. The highest BCUT2D eigenvalue weighted by atomic mass is 16.6. The van der Waals surface area contributed by atoms with E-state index in [9.17, 15) is 9.59 Å². The zero-order chi connectivity index (χ0) is 14.5. The van der Waals surface area contributed by atoms with Crippen molar-refractivity contribution in [2.24, 2.45) is 5.73 Å². The summed E-state index contributed by atoms with van der Waals surface area (Å²) in [6.07, 6.45) is 2.30. The van der Waals surface area contributed by atoms with E-state index in [0.717, 1.165) is 5.56 Å². The number of ether oxygens (including phenoxy) is 1. The van der Waals surface area contributed by atoms with Crippen molar-refractivity contribution < 1.29 is 14.3 Å². The predicted octanol–water partition coefficient (Wildman–Crippen LogP) is 2.53. The second-order valence-corrected chi connectivity index (χ2v) is 4.99. The zero-order valence-corrected chi connectivity index (χ0v) is 11.3. The third kappa shape index (κ3) is 6.26. The lowest BCUT2D eigenvalue weighted by molar-refractivity contribution is -0.113. The number of amides is 2. The van der Waals surface area contributed by atoms with Crippen molar-refractivity contribution >= 4 is 23.8 Å². The molecule has 0 unspecified atom stereocenters. The van der Waals surface area contributed by atoms with Gasteiger partial charge in [-0.05, 0) is 44.5 Å². The summed E-state index contributed by atoms with van der Waals surface area (Å²) in [7, 11) is 0. The number of anilines is 1. The molecule has 102 valence electrons. The summed E-state index contributed by atoms with van der Waals surface area (Å²) in [5.41, 5.74) is 5.81. The third-order valence-electron chi connectivity index (χ3n) is 1.97. The fourth-order valence-electron chi connectivity index (χ4n) is 1.32. The van der Waals surface area contributed by atoms with Gasteiger partial charge in [0.15, 0.2) is 0 Å². The van der Waals surface area contributed by atoms with Crippen LogP contribution >= 0.6 is 0 Å². The highest BCUT2D eigenvalue weighted by Crippen LogP contribution is 2.14. The van der Waals surface area contributed by atoms with Gasteiger partial charge in [-0.1, -0.05) is 12.1 Å². The van der Waals surface area contributed by atoms with Gasteiger partial charge in [-0.25, -0.2) is 4.79 Å². The molecule has 0 aliphatic heterocycles. The van der Waals surface area contributed by atoms with Crippen LogP contribution in [-0.2, 0) is 9.53 Å². The minimum absolute atomic E-state index is 0.523. The molecule has 0 fully saturated rings. The standard InChI is InChI=1S/C14H18N2O3/c1-14(2,3)19-13(18)16-11-6-4-5-10(9-11)7-8-12(15)17/h4-9H,1-3H3,(H2,15,17)(H,16,18). The molecule has 0 saturated heterocycles. The van der Waals surface area contributed by atoms with E-state index < -0.39 is 17.6 Å². The van der Waals surface area contributed by atoms with Gasteiger partial charge in [-0.3, -0.25) is 10.1 Å². The molecule has 0 radical (unpaired) electrons. The van der Waals surface area contributed by atoms with Crippen molar-refractivity contribution in [1.29, 1.82) is 0 Å². The predicted molar refractivity (Wildman–Crippen MR) is 74.5 cm³/mol. The van der Waals surface area contributed by atoms with Gasteiger partial charge < -0.3 is 10.5 Å². The van der Waals surface area contributed by atoms with Crippen LogP contribution in [0, 0.1) is 0 Å². The van der Waals surface area contributed by atoms with Crippen molar-refractivity contribution in [3.63, 3.8) is 0 Å². The maximum absolute atomic E-state index is 11.6. The second kappa shape index (κ2) is 6.04. The van der Waals surface area contributed by atoms with Crippen LogP contribution in [0.2, 0.25) is 0 Å². The Morgan fingerprint density at radius 1 is 1.32 bits per heavy atom. The Hall–Kier alpha value is -2.30. The van der Waals surface area contributed by atoms with E-state index in [1.807, 2.05) is 0 Å². The topological polar surface area (TPSA) is 81.4 Å². The van der Waals surface area contributed by atoms with Gasteiger partial charge in [0.05, 0.1) is 0 Å². The number of carbonyl (C=O) groups is 2. The first-order valence-electron chi connectivity index (χ1n) is 5.84. The van der Waals surface area contributed by atoms with Crippen molar-refractivity contribution in [2.45, 2.75) is 26.4 Å². The van der Waals surface area contributed by atoms with Gasteiger partial charge in [0.25, 0.3) is 0 Å². The van der Waals surface area contributed by atoms with Gasteiger partial charge in [-0.15, -0.1) is 0 Å². The number of hydrogen-bond acceptors (Lipinski definition) is 3. The van der Waals surface area contributed by atoms with Crippen LogP contribution in [0.5, 0.6) is 0 Å². The smallest absolute Gasteiger partial charge is 0.412 e. The quantitative estimate of drug-likeness (QED) is 0.821. The Labute approximate surface area is 112 Å². The summed E-state index contributed by atoms with van der Waals surface area (Å²) in [5.74, 6) is -0.523. The lowest BCUT2D eigenvalue weighted by atomic mass is 10.2. The summed E-state index contributed by atoms with van der Waals surface area (Å²) >= 11 is 0. The summed E-state index contributed by atoms with van der Waals surface area (Å²) < 4.78 is 5.14.